The zero-order valence-corrected chi connectivity index (χ0v) is 16.9. The fraction of sp³-hybridized carbons (Fsp3) is 0.231. The van der Waals surface area contributed by atoms with Gasteiger partial charge in [-0.2, -0.15) is 0 Å². The highest BCUT2D eigenvalue weighted by Gasteiger charge is 2.31. The molecule has 3 aromatic carbocycles. The molecule has 1 saturated heterocycles. The molecule has 0 unspecified atom stereocenters. The molecule has 30 heavy (non-hydrogen) atoms. The van der Waals surface area contributed by atoms with E-state index < -0.39 is 0 Å². The molecule has 2 heterocycles. The van der Waals surface area contributed by atoms with Crippen LogP contribution >= 0.6 is 0 Å². The fourth-order valence-electron chi connectivity index (χ4n) is 4.49. The summed E-state index contributed by atoms with van der Waals surface area (Å²) in [5.74, 6) is 1.35. The first-order chi connectivity index (χ1) is 14.8. The second kappa shape index (κ2) is 8.15. The zero-order chi connectivity index (χ0) is 20.3. The lowest BCUT2D eigenvalue weighted by Gasteiger charge is -2.34. The first kappa shape index (κ1) is 18.6. The van der Waals surface area contributed by atoms with Crippen molar-refractivity contribution in [2.24, 2.45) is 0 Å². The van der Waals surface area contributed by atoms with Crippen LogP contribution in [0.25, 0.3) is 11.0 Å². The minimum Gasteiger partial charge on any atom is -0.342 e. The number of nitrogens with one attached hydrogen (secondary N) is 1. The summed E-state index contributed by atoms with van der Waals surface area (Å²) in [7, 11) is 0. The van der Waals surface area contributed by atoms with Crippen LogP contribution in [0.2, 0.25) is 0 Å². The van der Waals surface area contributed by atoms with Gasteiger partial charge in [0.2, 0.25) is 5.91 Å². The van der Waals surface area contributed by atoms with Crippen LogP contribution in [0.15, 0.2) is 84.9 Å². The lowest BCUT2D eigenvalue weighted by molar-refractivity contribution is -0.133. The van der Waals surface area contributed by atoms with Crippen molar-refractivity contribution in [3.05, 3.63) is 102 Å². The molecule has 4 heteroatoms. The van der Waals surface area contributed by atoms with Gasteiger partial charge in [0.15, 0.2) is 0 Å². The summed E-state index contributed by atoms with van der Waals surface area (Å²) in [6.07, 6.45) is 1.86. The Labute approximate surface area is 176 Å². The smallest absolute Gasteiger partial charge is 0.234 e. The number of rotatable bonds is 4. The topological polar surface area (TPSA) is 49.0 Å². The number of aromatic amines is 1. The van der Waals surface area contributed by atoms with Gasteiger partial charge in [0.05, 0.1) is 17.0 Å². The molecular weight excluding hydrogens is 370 g/mol. The highest BCUT2D eigenvalue weighted by Crippen LogP contribution is 2.32. The maximum atomic E-state index is 13.6. The van der Waals surface area contributed by atoms with Gasteiger partial charge in [-0.05, 0) is 36.1 Å². The van der Waals surface area contributed by atoms with Gasteiger partial charge in [-0.15, -0.1) is 0 Å². The van der Waals surface area contributed by atoms with E-state index in [0.29, 0.717) is 5.92 Å². The molecule has 1 aromatic heterocycles. The van der Waals surface area contributed by atoms with Crippen molar-refractivity contribution in [1.29, 1.82) is 0 Å². The fourth-order valence-corrected chi connectivity index (χ4v) is 4.49. The van der Waals surface area contributed by atoms with Crippen LogP contribution in [0.3, 0.4) is 0 Å². The number of imidazole rings is 1. The Morgan fingerprint density at radius 2 is 1.40 bits per heavy atom. The molecule has 5 rings (SSSR count). The number of aromatic nitrogens is 2. The molecule has 0 saturated carbocycles. The summed E-state index contributed by atoms with van der Waals surface area (Å²) in [4.78, 5) is 23.9. The number of H-pyrrole nitrogens is 1. The van der Waals surface area contributed by atoms with Crippen molar-refractivity contribution in [2.45, 2.75) is 24.7 Å². The van der Waals surface area contributed by atoms with Gasteiger partial charge in [0.25, 0.3) is 0 Å². The van der Waals surface area contributed by atoms with Crippen LogP contribution in [0.1, 0.15) is 41.6 Å². The highest BCUT2D eigenvalue weighted by molar-refractivity contribution is 5.87. The second-order valence-corrected chi connectivity index (χ2v) is 7.99. The molecule has 1 fully saturated rings. The molecule has 0 spiro atoms. The molecule has 4 nitrogen and oxygen atoms in total. The Balaban J connectivity index is 1.34. The van der Waals surface area contributed by atoms with Crippen LogP contribution in [-0.4, -0.2) is 33.9 Å². The molecule has 0 bridgehead atoms. The van der Waals surface area contributed by atoms with Crippen LogP contribution in [-0.2, 0) is 4.79 Å². The molecule has 0 atom stereocenters. The zero-order valence-electron chi connectivity index (χ0n) is 16.9. The van der Waals surface area contributed by atoms with Crippen molar-refractivity contribution in [3.63, 3.8) is 0 Å². The molecule has 150 valence electrons. The Morgan fingerprint density at radius 1 is 0.833 bits per heavy atom. The average molecular weight is 396 g/mol. The van der Waals surface area contributed by atoms with Gasteiger partial charge in [0, 0.05) is 19.0 Å². The number of hydrogen-bond donors (Lipinski definition) is 1. The van der Waals surface area contributed by atoms with Crippen molar-refractivity contribution in [1.82, 2.24) is 14.9 Å². The first-order valence-corrected chi connectivity index (χ1v) is 10.6. The quantitative estimate of drug-likeness (QED) is 0.523. The number of carbonyl (C=O) groups is 1. The highest BCUT2D eigenvalue weighted by atomic mass is 16.2. The molecule has 1 aliphatic rings. The number of nitrogens with zero attached hydrogens (tertiary/aromatic N) is 2. The van der Waals surface area contributed by atoms with E-state index in [-0.39, 0.29) is 11.8 Å². The van der Waals surface area contributed by atoms with Crippen molar-refractivity contribution >= 4 is 16.9 Å². The minimum atomic E-state index is -0.254. The van der Waals surface area contributed by atoms with Crippen molar-refractivity contribution < 1.29 is 4.79 Å². The SMILES string of the molecule is O=C(C(c1ccccc1)c1ccccc1)N1CCC(c2nc3ccccc3[nH]2)CC1. The molecular formula is C26H25N3O. The first-order valence-electron chi connectivity index (χ1n) is 10.6. The third-order valence-electron chi connectivity index (χ3n) is 6.11. The Morgan fingerprint density at radius 3 is 2.00 bits per heavy atom. The number of likely N-dealkylation sites (tertiary alicyclic amines) is 1. The minimum absolute atomic E-state index is 0.190. The summed E-state index contributed by atoms with van der Waals surface area (Å²) >= 11 is 0. The van der Waals surface area contributed by atoms with Crippen molar-refractivity contribution in [2.75, 3.05) is 13.1 Å². The van der Waals surface area contributed by atoms with Gasteiger partial charge < -0.3 is 9.88 Å². The summed E-state index contributed by atoms with van der Waals surface area (Å²) < 4.78 is 0. The summed E-state index contributed by atoms with van der Waals surface area (Å²) in [5, 5.41) is 0. The predicted molar refractivity (Wildman–Crippen MR) is 119 cm³/mol. The Hall–Kier alpha value is -3.40. The van der Waals surface area contributed by atoms with E-state index in [0.717, 1.165) is 53.9 Å². The molecule has 1 amide bonds. The number of para-hydroxylation sites is 2. The maximum Gasteiger partial charge on any atom is 0.234 e. The monoisotopic (exact) mass is 395 g/mol. The van der Waals surface area contributed by atoms with Gasteiger partial charge in [-0.3, -0.25) is 4.79 Å². The molecule has 1 N–H and O–H groups in total. The standard InChI is InChI=1S/C26H25N3O/c30-26(24(19-9-3-1-4-10-19)20-11-5-2-6-12-20)29-17-15-21(16-18-29)25-27-22-13-7-8-14-23(22)28-25/h1-14,21,24H,15-18H2,(H,27,28). The molecule has 4 aromatic rings. The largest absolute Gasteiger partial charge is 0.342 e. The number of piperidine rings is 1. The van der Waals surface area contributed by atoms with Crippen LogP contribution in [0, 0.1) is 0 Å². The lowest BCUT2D eigenvalue weighted by atomic mass is 9.88. The van der Waals surface area contributed by atoms with E-state index in [1.807, 2.05) is 59.5 Å². The van der Waals surface area contributed by atoms with Crippen LogP contribution in [0.5, 0.6) is 0 Å². The maximum absolute atomic E-state index is 13.6. The Bertz CT molecular complexity index is 1060. The Kier molecular flexibility index (Phi) is 5.06. The van der Waals surface area contributed by atoms with Crippen LogP contribution < -0.4 is 0 Å². The van der Waals surface area contributed by atoms with Gasteiger partial charge in [-0.1, -0.05) is 72.8 Å². The lowest BCUT2D eigenvalue weighted by Crippen LogP contribution is -2.41. The van der Waals surface area contributed by atoms with Crippen molar-refractivity contribution in [3.8, 4) is 0 Å². The van der Waals surface area contributed by atoms with E-state index in [1.165, 1.54) is 0 Å². The summed E-state index contributed by atoms with van der Waals surface area (Å²) in [6.45, 7) is 1.52. The van der Waals surface area contributed by atoms with Crippen LogP contribution in [0.4, 0.5) is 0 Å². The number of fused-ring (bicyclic) bond motifs is 1. The van der Waals surface area contributed by atoms with E-state index in [9.17, 15) is 4.79 Å². The van der Waals surface area contributed by atoms with E-state index in [1.54, 1.807) is 0 Å². The number of benzene rings is 3. The van der Waals surface area contributed by atoms with E-state index >= 15 is 0 Å². The summed E-state index contributed by atoms with van der Waals surface area (Å²) in [5.41, 5.74) is 4.19. The third-order valence-corrected chi connectivity index (χ3v) is 6.11. The molecule has 1 aliphatic heterocycles. The van der Waals surface area contributed by atoms with Gasteiger partial charge >= 0.3 is 0 Å². The number of carbonyl (C=O) groups excluding carboxylic acids is 1. The third kappa shape index (κ3) is 3.61. The van der Waals surface area contributed by atoms with Gasteiger partial charge in [-0.25, -0.2) is 4.98 Å². The average Bonchev–Trinajstić information content (AvgIpc) is 3.25. The van der Waals surface area contributed by atoms with E-state index in [4.69, 9.17) is 4.98 Å². The number of hydrogen-bond acceptors (Lipinski definition) is 2. The normalized spacial score (nSPS) is 15.0. The predicted octanol–water partition coefficient (Wildman–Crippen LogP) is 5.10. The summed E-state index contributed by atoms with van der Waals surface area (Å²) in [6, 6.07) is 28.4. The molecule has 0 radical (unpaired) electrons. The van der Waals surface area contributed by atoms with Gasteiger partial charge in [0.1, 0.15) is 5.82 Å². The second-order valence-electron chi connectivity index (χ2n) is 7.99. The van der Waals surface area contributed by atoms with E-state index in [2.05, 4.69) is 35.3 Å². The molecule has 0 aliphatic carbocycles. The number of amides is 1.